The van der Waals surface area contributed by atoms with Crippen molar-refractivity contribution in [2.45, 2.75) is 23.7 Å². The largest absolute Gasteiger partial charge is 0.342 e. The first-order chi connectivity index (χ1) is 12.1. The summed E-state index contributed by atoms with van der Waals surface area (Å²) in [5, 5.41) is 7.95. The van der Waals surface area contributed by atoms with Gasteiger partial charge in [-0.05, 0) is 36.8 Å². The fourth-order valence-electron chi connectivity index (χ4n) is 2.38. The van der Waals surface area contributed by atoms with Gasteiger partial charge < -0.3 is 5.32 Å². The predicted octanol–water partition coefficient (Wildman–Crippen LogP) is 2.99. The van der Waals surface area contributed by atoms with Gasteiger partial charge in [-0.2, -0.15) is 5.10 Å². The summed E-state index contributed by atoms with van der Waals surface area (Å²) in [6.07, 6.45) is 3.26. The number of aryl methyl sites for hydroxylation is 1. The van der Waals surface area contributed by atoms with Crippen LogP contribution >= 0.6 is 11.8 Å². The minimum atomic E-state index is -0.209. The highest BCUT2D eigenvalue weighted by Gasteiger charge is 2.15. The number of amides is 1. The van der Waals surface area contributed by atoms with Gasteiger partial charge in [-0.25, -0.2) is 9.97 Å². The Morgan fingerprint density at radius 3 is 2.64 bits per heavy atom. The highest BCUT2D eigenvalue weighted by atomic mass is 32.2. The molecule has 7 heteroatoms. The van der Waals surface area contributed by atoms with Gasteiger partial charge in [0.1, 0.15) is 12.2 Å². The molecular weight excluding hydrogens is 334 g/mol. The lowest BCUT2D eigenvalue weighted by Crippen LogP contribution is -2.28. The van der Waals surface area contributed by atoms with Crippen molar-refractivity contribution in [3.8, 4) is 0 Å². The molecule has 6 nitrogen and oxygen atoms in total. The molecule has 1 aromatic carbocycles. The van der Waals surface area contributed by atoms with E-state index >= 15 is 0 Å². The summed E-state index contributed by atoms with van der Waals surface area (Å²) in [6.45, 7) is 1.89. The molecule has 1 amide bonds. The number of benzene rings is 1. The third kappa shape index (κ3) is 4.45. The summed E-state index contributed by atoms with van der Waals surface area (Å²) in [7, 11) is 1.80. The van der Waals surface area contributed by atoms with Crippen LogP contribution in [0.1, 0.15) is 34.7 Å². The van der Waals surface area contributed by atoms with Crippen LogP contribution in [0.4, 0.5) is 0 Å². The summed E-state index contributed by atoms with van der Waals surface area (Å²) < 4.78 is 1.66. The molecule has 1 N–H and O–H groups in total. The molecule has 0 aliphatic heterocycles. The van der Waals surface area contributed by atoms with E-state index in [0.717, 1.165) is 22.2 Å². The van der Waals surface area contributed by atoms with Crippen molar-refractivity contribution in [1.29, 1.82) is 0 Å². The molecule has 0 aliphatic rings. The maximum atomic E-state index is 12.4. The van der Waals surface area contributed by atoms with E-state index in [1.54, 1.807) is 29.7 Å². The Labute approximate surface area is 150 Å². The van der Waals surface area contributed by atoms with Gasteiger partial charge in [-0.15, -0.1) is 11.8 Å². The van der Waals surface area contributed by atoms with Gasteiger partial charge in [0.15, 0.2) is 0 Å². The molecule has 0 spiro atoms. The SMILES string of the molecule is CC(NC(=O)c1ccc(CSc2ccccn2)cc1)c1ncnn1C. The van der Waals surface area contributed by atoms with Gasteiger partial charge in [0, 0.05) is 24.6 Å². The van der Waals surface area contributed by atoms with Crippen LogP contribution in [0.25, 0.3) is 0 Å². The van der Waals surface area contributed by atoms with E-state index in [2.05, 4.69) is 20.4 Å². The minimum Gasteiger partial charge on any atom is -0.342 e. The number of hydrogen-bond acceptors (Lipinski definition) is 5. The van der Waals surface area contributed by atoms with Crippen molar-refractivity contribution in [2.75, 3.05) is 0 Å². The first-order valence-electron chi connectivity index (χ1n) is 7.91. The molecule has 3 aromatic rings. The highest BCUT2D eigenvalue weighted by Crippen LogP contribution is 2.20. The van der Waals surface area contributed by atoms with Crippen LogP contribution in [0.2, 0.25) is 0 Å². The van der Waals surface area contributed by atoms with Crippen molar-refractivity contribution >= 4 is 17.7 Å². The van der Waals surface area contributed by atoms with Gasteiger partial charge in [-0.1, -0.05) is 18.2 Å². The van der Waals surface area contributed by atoms with E-state index < -0.39 is 0 Å². The van der Waals surface area contributed by atoms with Gasteiger partial charge in [0.25, 0.3) is 5.91 Å². The third-order valence-electron chi connectivity index (χ3n) is 3.72. The van der Waals surface area contributed by atoms with E-state index in [-0.39, 0.29) is 11.9 Å². The zero-order valence-electron chi connectivity index (χ0n) is 14.1. The zero-order valence-corrected chi connectivity index (χ0v) is 14.9. The fraction of sp³-hybridized carbons (Fsp3) is 0.222. The third-order valence-corrected chi connectivity index (χ3v) is 4.74. The Morgan fingerprint density at radius 1 is 1.20 bits per heavy atom. The van der Waals surface area contributed by atoms with Gasteiger partial charge in [0.2, 0.25) is 0 Å². The first-order valence-corrected chi connectivity index (χ1v) is 8.89. The molecule has 0 fully saturated rings. The molecular formula is C18H19N5OS. The molecule has 0 radical (unpaired) electrons. The van der Waals surface area contributed by atoms with Gasteiger partial charge in [-0.3, -0.25) is 9.48 Å². The number of pyridine rings is 1. The molecule has 0 saturated carbocycles. The molecule has 1 unspecified atom stereocenters. The number of hydrogen-bond donors (Lipinski definition) is 1. The number of rotatable bonds is 6. The van der Waals surface area contributed by atoms with Crippen molar-refractivity contribution in [3.05, 3.63) is 71.9 Å². The Morgan fingerprint density at radius 2 is 2.00 bits per heavy atom. The van der Waals surface area contributed by atoms with Gasteiger partial charge >= 0.3 is 0 Å². The van der Waals surface area contributed by atoms with Crippen LogP contribution in [-0.2, 0) is 12.8 Å². The summed E-state index contributed by atoms with van der Waals surface area (Å²) in [6, 6.07) is 13.3. The predicted molar refractivity (Wildman–Crippen MR) is 97.1 cm³/mol. The van der Waals surface area contributed by atoms with E-state index in [4.69, 9.17) is 0 Å². The second kappa shape index (κ2) is 7.94. The van der Waals surface area contributed by atoms with Crippen LogP contribution < -0.4 is 5.32 Å². The smallest absolute Gasteiger partial charge is 0.251 e. The van der Waals surface area contributed by atoms with Crippen LogP contribution in [0.3, 0.4) is 0 Å². The van der Waals surface area contributed by atoms with Crippen molar-refractivity contribution in [2.24, 2.45) is 7.05 Å². The molecule has 2 aromatic heterocycles. The van der Waals surface area contributed by atoms with E-state index in [0.29, 0.717) is 5.56 Å². The highest BCUT2D eigenvalue weighted by molar-refractivity contribution is 7.98. The van der Waals surface area contributed by atoms with Crippen molar-refractivity contribution in [1.82, 2.24) is 25.1 Å². The number of thioether (sulfide) groups is 1. The summed E-state index contributed by atoms with van der Waals surface area (Å²) in [4.78, 5) is 20.8. The van der Waals surface area contributed by atoms with E-state index in [1.165, 1.54) is 6.33 Å². The summed E-state index contributed by atoms with van der Waals surface area (Å²) >= 11 is 1.67. The summed E-state index contributed by atoms with van der Waals surface area (Å²) in [5.74, 6) is 1.41. The molecule has 0 aliphatic carbocycles. The molecule has 3 rings (SSSR count). The summed E-state index contributed by atoms with van der Waals surface area (Å²) in [5.41, 5.74) is 1.77. The fourth-order valence-corrected chi connectivity index (χ4v) is 3.20. The molecule has 128 valence electrons. The van der Waals surface area contributed by atoms with Crippen LogP contribution in [0.5, 0.6) is 0 Å². The van der Waals surface area contributed by atoms with Gasteiger partial charge in [0.05, 0.1) is 11.1 Å². The lowest BCUT2D eigenvalue weighted by molar-refractivity contribution is 0.0937. The number of carbonyl (C=O) groups excluding carboxylic acids is 1. The van der Waals surface area contributed by atoms with Crippen molar-refractivity contribution < 1.29 is 4.79 Å². The Kier molecular flexibility index (Phi) is 5.45. The van der Waals surface area contributed by atoms with E-state index in [1.807, 2.05) is 49.4 Å². The van der Waals surface area contributed by atoms with Crippen LogP contribution in [0, 0.1) is 0 Å². The normalized spacial score (nSPS) is 11.9. The Hall–Kier alpha value is -2.67. The zero-order chi connectivity index (χ0) is 17.6. The minimum absolute atomic E-state index is 0.126. The van der Waals surface area contributed by atoms with Crippen molar-refractivity contribution in [3.63, 3.8) is 0 Å². The average molecular weight is 353 g/mol. The number of nitrogens with zero attached hydrogens (tertiary/aromatic N) is 4. The Bertz CT molecular complexity index is 832. The number of aromatic nitrogens is 4. The molecule has 1 atom stereocenters. The topological polar surface area (TPSA) is 72.7 Å². The molecule has 25 heavy (non-hydrogen) atoms. The second-order valence-corrected chi connectivity index (χ2v) is 6.59. The lowest BCUT2D eigenvalue weighted by atomic mass is 10.1. The quantitative estimate of drug-likeness (QED) is 0.690. The lowest BCUT2D eigenvalue weighted by Gasteiger charge is -2.13. The number of carbonyl (C=O) groups is 1. The average Bonchev–Trinajstić information content (AvgIpc) is 3.07. The maximum Gasteiger partial charge on any atom is 0.251 e. The monoisotopic (exact) mass is 353 g/mol. The van der Waals surface area contributed by atoms with E-state index in [9.17, 15) is 4.79 Å². The number of nitrogens with one attached hydrogen (secondary N) is 1. The molecule has 2 heterocycles. The molecule has 0 saturated heterocycles. The standard InChI is InChI=1S/C18H19N5OS/c1-13(17-20-12-21-23(17)2)22-18(24)15-8-6-14(7-9-15)11-25-16-5-3-4-10-19-16/h3-10,12-13H,11H2,1-2H3,(H,22,24). The second-order valence-electron chi connectivity index (χ2n) is 5.59. The van der Waals surface area contributed by atoms with Crippen LogP contribution in [-0.4, -0.2) is 25.7 Å². The van der Waals surface area contributed by atoms with Crippen LogP contribution in [0.15, 0.2) is 60.0 Å². The maximum absolute atomic E-state index is 12.4. The Balaban J connectivity index is 1.58. The first kappa shape index (κ1) is 17.2. The molecule has 0 bridgehead atoms.